The molecule has 4 rings (SSSR count). The first-order valence-corrected chi connectivity index (χ1v) is 16.8. The highest BCUT2D eigenvalue weighted by molar-refractivity contribution is 4.94. The second-order valence-corrected chi connectivity index (χ2v) is 14.2. The number of hydrogen-bond acceptors (Lipinski definition) is 10. The molecule has 10 heteroatoms. The van der Waals surface area contributed by atoms with Gasteiger partial charge in [0.1, 0.15) is 12.2 Å². The molecule has 0 bridgehead atoms. The maximum Gasteiger partial charge on any atom is 0.163 e. The minimum atomic E-state index is -0.962. The molecule has 20 atom stereocenters. The highest BCUT2D eigenvalue weighted by Crippen LogP contribution is 2.41. The van der Waals surface area contributed by atoms with Gasteiger partial charge in [-0.2, -0.15) is 0 Å². The summed E-state index contributed by atoms with van der Waals surface area (Å²) in [5.74, 6) is 0.239. The van der Waals surface area contributed by atoms with Crippen LogP contribution in [0.25, 0.3) is 0 Å². The van der Waals surface area contributed by atoms with Gasteiger partial charge >= 0.3 is 0 Å². The van der Waals surface area contributed by atoms with E-state index in [9.17, 15) is 15.3 Å². The van der Waals surface area contributed by atoms with E-state index in [0.29, 0.717) is 11.8 Å². The van der Waals surface area contributed by atoms with E-state index < -0.39 is 55.3 Å². The third-order valence-electron chi connectivity index (χ3n) is 11.5. The quantitative estimate of drug-likeness (QED) is 0.372. The molecule has 0 amide bonds. The summed E-state index contributed by atoms with van der Waals surface area (Å²) in [6.45, 7) is 22.3. The van der Waals surface area contributed by atoms with Gasteiger partial charge in [-0.1, -0.05) is 55.4 Å². The van der Waals surface area contributed by atoms with Crippen molar-refractivity contribution in [3.8, 4) is 0 Å². The molecule has 8 unspecified atom stereocenters. The first-order chi connectivity index (χ1) is 20.2. The summed E-state index contributed by atoms with van der Waals surface area (Å²) in [6, 6.07) is 0. The maximum atomic E-state index is 11.4. The highest BCUT2D eigenvalue weighted by Gasteiger charge is 2.51. The van der Waals surface area contributed by atoms with Crippen LogP contribution in [0.15, 0.2) is 0 Å². The number of ether oxygens (including phenoxy) is 7. The van der Waals surface area contributed by atoms with E-state index in [-0.39, 0.29) is 60.8 Å². The average Bonchev–Trinajstić information content (AvgIpc) is 2.98. The molecule has 252 valence electrons. The normalized spacial score (nSPS) is 54.8. The Morgan fingerprint density at radius 2 is 0.977 bits per heavy atom. The fourth-order valence-electron chi connectivity index (χ4n) is 7.41. The maximum absolute atomic E-state index is 11.4. The van der Waals surface area contributed by atoms with Crippen LogP contribution in [0, 0.1) is 41.4 Å². The van der Waals surface area contributed by atoms with E-state index in [1.165, 1.54) is 0 Å². The van der Waals surface area contributed by atoms with Gasteiger partial charge in [0.15, 0.2) is 18.9 Å². The predicted molar refractivity (Wildman–Crippen MR) is 160 cm³/mol. The van der Waals surface area contributed by atoms with Crippen molar-refractivity contribution in [3.05, 3.63) is 0 Å². The standard InChI is InChI=1S/C33H60O10/c1-12-24-29(16(4)14(2)21(9)37-24)42-32-19(7)17(5)28(23(11)39-32)41-33-20(8)27(36)30(25(13-34)40-33)43-31-18(6)15(3)26(35)22(10)38-31/h14-36H,12-13H2,1-11H3/t14?,15-,16-,17?,18?,19?,20?,21+,22?,23+,24?,25-,26-,27?,28+,29-,30-,31+,32-,33-/m1/s1. The molecule has 4 heterocycles. The van der Waals surface area contributed by atoms with Crippen molar-refractivity contribution in [1.29, 1.82) is 0 Å². The van der Waals surface area contributed by atoms with Crippen molar-refractivity contribution < 1.29 is 48.5 Å². The Labute approximate surface area is 259 Å². The van der Waals surface area contributed by atoms with E-state index in [0.717, 1.165) is 6.42 Å². The van der Waals surface area contributed by atoms with Gasteiger partial charge in [-0.15, -0.1) is 0 Å². The summed E-state index contributed by atoms with van der Waals surface area (Å²) < 4.78 is 44.5. The minimum Gasteiger partial charge on any atom is -0.394 e. The third kappa shape index (κ3) is 7.14. The van der Waals surface area contributed by atoms with Gasteiger partial charge in [-0.05, 0) is 50.9 Å². The second-order valence-electron chi connectivity index (χ2n) is 14.2. The van der Waals surface area contributed by atoms with Gasteiger partial charge in [-0.25, -0.2) is 0 Å². The van der Waals surface area contributed by atoms with Crippen LogP contribution in [0.2, 0.25) is 0 Å². The first kappa shape index (κ1) is 35.5. The number of aliphatic hydroxyl groups excluding tert-OH is 3. The minimum absolute atomic E-state index is 0.0265. The van der Waals surface area contributed by atoms with E-state index in [1.54, 1.807) is 0 Å². The molecule has 4 fully saturated rings. The van der Waals surface area contributed by atoms with Crippen LogP contribution in [0.3, 0.4) is 0 Å². The van der Waals surface area contributed by atoms with Gasteiger partial charge in [0.25, 0.3) is 0 Å². The van der Waals surface area contributed by atoms with Crippen LogP contribution >= 0.6 is 0 Å². The summed E-state index contributed by atoms with van der Waals surface area (Å²) in [7, 11) is 0. The Morgan fingerprint density at radius 1 is 0.465 bits per heavy atom. The molecule has 0 radical (unpaired) electrons. The molecule has 0 spiro atoms. The molecular formula is C33H60O10. The Hall–Kier alpha value is -0.400. The SMILES string of the molecule is CCC1O[C@@H](C)C(C)[C@@H](C)[C@H]1O[C@H]1O[C@@H](C)[C@@H](O[C@H]2O[C@H](CO)[C@@H](O[C@@H]3OC(C)[C@H](O)[C@H](C)C3C)C(O)C2C)C(C)C1C. The molecule has 4 aliphatic heterocycles. The van der Waals surface area contributed by atoms with Crippen LogP contribution in [-0.4, -0.2) is 102 Å². The zero-order valence-electron chi connectivity index (χ0n) is 28.2. The summed E-state index contributed by atoms with van der Waals surface area (Å²) in [4.78, 5) is 0. The number of rotatable bonds is 8. The molecule has 4 aliphatic rings. The zero-order valence-corrected chi connectivity index (χ0v) is 28.2. The molecular weight excluding hydrogens is 556 g/mol. The number of hydrogen-bond donors (Lipinski definition) is 3. The van der Waals surface area contributed by atoms with E-state index in [2.05, 4.69) is 41.5 Å². The molecule has 0 aliphatic carbocycles. The van der Waals surface area contributed by atoms with E-state index >= 15 is 0 Å². The molecule has 43 heavy (non-hydrogen) atoms. The largest absolute Gasteiger partial charge is 0.394 e. The predicted octanol–water partition coefficient (Wildman–Crippen LogP) is 3.72. The average molecular weight is 617 g/mol. The zero-order chi connectivity index (χ0) is 31.9. The lowest BCUT2D eigenvalue weighted by Gasteiger charge is -2.50. The van der Waals surface area contributed by atoms with E-state index in [4.69, 9.17) is 33.2 Å². The second kappa shape index (κ2) is 14.6. The highest BCUT2D eigenvalue weighted by atomic mass is 16.7. The van der Waals surface area contributed by atoms with Crippen molar-refractivity contribution >= 4 is 0 Å². The smallest absolute Gasteiger partial charge is 0.163 e. The Bertz CT molecular complexity index is 873. The van der Waals surface area contributed by atoms with Crippen LogP contribution in [-0.2, 0) is 33.2 Å². The summed E-state index contributed by atoms with van der Waals surface area (Å²) >= 11 is 0. The topological polar surface area (TPSA) is 125 Å². The molecule has 10 nitrogen and oxygen atoms in total. The van der Waals surface area contributed by atoms with Crippen molar-refractivity contribution in [1.82, 2.24) is 0 Å². The van der Waals surface area contributed by atoms with Gasteiger partial charge < -0.3 is 48.5 Å². The Morgan fingerprint density at radius 3 is 1.58 bits per heavy atom. The van der Waals surface area contributed by atoms with Crippen LogP contribution in [0.4, 0.5) is 0 Å². The summed E-state index contributed by atoms with van der Waals surface area (Å²) in [6.07, 6.45) is -4.93. The molecule has 0 saturated carbocycles. The van der Waals surface area contributed by atoms with Crippen LogP contribution < -0.4 is 0 Å². The lowest BCUT2D eigenvalue weighted by Crippen LogP contribution is -2.61. The van der Waals surface area contributed by atoms with Crippen molar-refractivity contribution in [2.45, 2.75) is 162 Å². The van der Waals surface area contributed by atoms with E-state index in [1.807, 2.05) is 34.6 Å². The van der Waals surface area contributed by atoms with Crippen LogP contribution in [0.1, 0.15) is 82.6 Å². The Kier molecular flexibility index (Phi) is 12.0. The molecule has 4 saturated heterocycles. The molecule has 3 N–H and O–H groups in total. The fourth-order valence-corrected chi connectivity index (χ4v) is 7.41. The first-order valence-electron chi connectivity index (χ1n) is 16.8. The summed E-state index contributed by atoms with van der Waals surface area (Å²) in [5.41, 5.74) is 0. The van der Waals surface area contributed by atoms with Crippen molar-refractivity contribution in [2.75, 3.05) is 6.61 Å². The van der Waals surface area contributed by atoms with Crippen molar-refractivity contribution in [2.24, 2.45) is 41.4 Å². The summed E-state index contributed by atoms with van der Waals surface area (Å²) in [5, 5.41) is 32.1. The molecule has 0 aromatic rings. The van der Waals surface area contributed by atoms with Gasteiger partial charge in [0.2, 0.25) is 0 Å². The Balaban J connectivity index is 1.40. The van der Waals surface area contributed by atoms with Gasteiger partial charge in [0, 0.05) is 17.8 Å². The monoisotopic (exact) mass is 616 g/mol. The van der Waals surface area contributed by atoms with Crippen LogP contribution in [0.5, 0.6) is 0 Å². The third-order valence-corrected chi connectivity index (χ3v) is 11.5. The van der Waals surface area contributed by atoms with Gasteiger partial charge in [-0.3, -0.25) is 0 Å². The van der Waals surface area contributed by atoms with Crippen molar-refractivity contribution in [3.63, 3.8) is 0 Å². The van der Waals surface area contributed by atoms with Gasteiger partial charge in [0.05, 0.1) is 55.4 Å². The number of aliphatic hydroxyl groups is 3. The molecule has 0 aromatic heterocycles. The molecule has 0 aromatic carbocycles. The fraction of sp³-hybridized carbons (Fsp3) is 1.00. The lowest BCUT2D eigenvalue weighted by atomic mass is 9.80. The lowest BCUT2D eigenvalue weighted by molar-refractivity contribution is -0.361.